The van der Waals surface area contributed by atoms with E-state index in [0.717, 1.165) is 11.1 Å². The maximum atomic E-state index is 6.07. The van der Waals surface area contributed by atoms with E-state index in [4.69, 9.17) is 4.74 Å². The zero-order valence-corrected chi connectivity index (χ0v) is 15.5. The highest BCUT2D eigenvalue weighted by atomic mass is 16.5. The van der Waals surface area contributed by atoms with Gasteiger partial charge in [-0.2, -0.15) is 0 Å². The Hall–Kier alpha value is -2.61. The van der Waals surface area contributed by atoms with Gasteiger partial charge in [0, 0.05) is 11.8 Å². The molecule has 0 radical (unpaired) electrons. The molecule has 26 heavy (non-hydrogen) atoms. The molecule has 2 aromatic carbocycles. The minimum Gasteiger partial charge on any atom is -0.472 e. The second-order valence-corrected chi connectivity index (χ2v) is 7.63. The van der Waals surface area contributed by atoms with E-state index in [2.05, 4.69) is 55.2 Å². The summed E-state index contributed by atoms with van der Waals surface area (Å²) in [6.07, 6.45) is 5.69. The summed E-state index contributed by atoms with van der Waals surface area (Å²) in [5.74, 6) is 0.701. The Morgan fingerprint density at radius 3 is 2.54 bits per heavy atom. The molecule has 0 spiro atoms. The maximum absolute atomic E-state index is 6.07. The summed E-state index contributed by atoms with van der Waals surface area (Å²) in [7, 11) is 0. The van der Waals surface area contributed by atoms with E-state index in [1.165, 1.54) is 36.0 Å². The van der Waals surface area contributed by atoms with Gasteiger partial charge in [0.05, 0.1) is 0 Å². The molecule has 0 N–H and O–H groups in total. The number of aryl methyl sites for hydroxylation is 1. The van der Waals surface area contributed by atoms with Crippen molar-refractivity contribution in [3.05, 3.63) is 83.6 Å². The third kappa shape index (κ3) is 3.37. The molecule has 1 fully saturated rings. The smallest absolute Gasteiger partial charge is 0.221 e. The molecule has 1 aromatic heterocycles. The maximum Gasteiger partial charge on any atom is 0.221 e. The van der Waals surface area contributed by atoms with Crippen molar-refractivity contribution in [3.8, 4) is 17.0 Å². The topological polar surface area (TPSA) is 22.1 Å². The molecule has 3 aromatic rings. The number of rotatable bonds is 5. The van der Waals surface area contributed by atoms with Crippen LogP contribution in [0, 0.1) is 6.92 Å². The quantitative estimate of drug-likeness (QED) is 0.560. The molecule has 1 aliphatic rings. The van der Waals surface area contributed by atoms with Crippen LogP contribution in [-0.2, 0) is 12.0 Å². The number of hydrogen-bond acceptors (Lipinski definition) is 2. The van der Waals surface area contributed by atoms with Crippen LogP contribution in [0.2, 0.25) is 0 Å². The summed E-state index contributed by atoms with van der Waals surface area (Å²) in [4.78, 5) is 4.50. The highest BCUT2D eigenvalue weighted by Crippen LogP contribution is 2.44. The molecule has 1 saturated carbocycles. The Balaban J connectivity index is 1.66. The molecular formula is C24H25NO. The zero-order valence-electron chi connectivity index (χ0n) is 15.5. The Morgan fingerprint density at radius 1 is 1.00 bits per heavy atom. The van der Waals surface area contributed by atoms with E-state index in [0.29, 0.717) is 17.9 Å². The van der Waals surface area contributed by atoms with Crippen LogP contribution < -0.4 is 4.74 Å². The van der Waals surface area contributed by atoms with Gasteiger partial charge in [0.1, 0.15) is 6.61 Å². The highest BCUT2D eigenvalue weighted by molar-refractivity contribution is 5.70. The monoisotopic (exact) mass is 343 g/mol. The van der Waals surface area contributed by atoms with Gasteiger partial charge < -0.3 is 4.74 Å². The van der Waals surface area contributed by atoms with Crippen LogP contribution in [-0.4, -0.2) is 4.98 Å². The second kappa shape index (κ2) is 6.95. The molecular weight excluding hydrogens is 318 g/mol. The van der Waals surface area contributed by atoms with Gasteiger partial charge in [-0.05, 0) is 54.0 Å². The standard InChI is InChI=1S/C24H25NO/c1-18-14-20(16-21(15-18)24(2)11-7-12-24)22-10-6-13-25-23(22)26-17-19-8-4-3-5-9-19/h3-6,8-10,13-16H,7,11-12,17H2,1-2H3. The van der Waals surface area contributed by atoms with Crippen LogP contribution in [0.4, 0.5) is 0 Å². The first-order valence-electron chi connectivity index (χ1n) is 9.38. The Morgan fingerprint density at radius 2 is 1.81 bits per heavy atom. The first-order chi connectivity index (χ1) is 12.6. The molecule has 132 valence electrons. The summed E-state index contributed by atoms with van der Waals surface area (Å²) in [6, 6.07) is 21.2. The van der Waals surface area contributed by atoms with E-state index in [9.17, 15) is 0 Å². The van der Waals surface area contributed by atoms with Crippen LogP contribution >= 0.6 is 0 Å². The van der Waals surface area contributed by atoms with Crippen molar-refractivity contribution in [2.24, 2.45) is 0 Å². The number of benzene rings is 2. The number of pyridine rings is 1. The largest absolute Gasteiger partial charge is 0.472 e. The van der Waals surface area contributed by atoms with Crippen LogP contribution in [0.5, 0.6) is 5.88 Å². The van der Waals surface area contributed by atoms with Gasteiger partial charge in [0.2, 0.25) is 5.88 Å². The Kier molecular flexibility index (Phi) is 4.50. The minimum atomic E-state index is 0.327. The van der Waals surface area contributed by atoms with Crippen molar-refractivity contribution in [1.82, 2.24) is 4.98 Å². The minimum absolute atomic E-state index is 0.327. The average Bonchev–Trinajstić information content (AvgIpc) is 2.65. The molecule has 1 heterocycles. The predicted molar refractivity (Wildman–Crippen MR) is 106 cm³/mol. The number of hydrogen-bond donors (Lipinski definition) is 0. The van der Waals surface area contributed by atoms with Gasteiger partial charge in [0.15, 0.2) is 0 Å². The van der Waals surface area contributed by atoms with Crippen molar-refractivity contribution in [3.63, 3.8) is 0 Å². The normalized spacial score (nSPS) is 15.3. The zero-order chi connectivity index (χ0) is 18.0. The number of aromatic nitrogens is 1. The molecule has 0 amide bonds. The van der Waals surface area contributed by atoms with Crippen LogP contribution in [0.3, 0.4) is 0 Å². The summed E-state index contributed by atoms with van der Waals surface area (Å²) in [5, 5.41) is 0. The predicted octanol–water partition coefficient (Wildman–Crippen LogP) is 6.08. The van der Waals surface area contributed by atoms with Gasteiger partial charge in [0.25, 0.3) is 0 Å². The summed E-state index contributed by atoms with van der Waals surface area (Å²) in [6.45, 7) is 5.09. The van der Waals surface area contributed by atoms with Crippen LogP contribution in [0.25, 0.3) is 11.1 Å². The molecule has 0 unspecified atom stereocenters. The Labute approximate surface area is 155 Å². The van der Waals surface area contributed by atoms with Gasteiger partial charge in [-0.25, -0.2) is 4.98 Å². The first-order valence-corrected chi connectivity index (χ1v) is 9.38. The van der Waals surface area contributed by atoms with E-state index >= 15 is 0 Å². The third-order valence-corrected chi connectivity index (χ3v) is 5.53. The molecule has 0 saturated heterocycles. The van der Waals surface area contributed by atoms with Crippen LogP contribution in [0.15, 0.2) is 66.9 Å². The van der Waals surface area contributed by atoms with Crippen molar-refractivity contribution in [2.75, 3.05) is 0 Å². The highest BCUT2D eigenvalue weighted by Gasteiger charge is 2.33. The third-order valence-electron chi connectivity index (χ3n) is 5.53. The summed E-state index contributed by atoms with van der Waals surface area (Å²) >= 11 is 0. The van der Waals surface area contributed by atoms with E-state index < -0.39 is 0 Å². The van der Waals surface area contributed by atoms with Crippen LogP contribution in [0.1, 0.15) is 42.9 Å². The molecule has 4 rings (SSSR count). The Bertz CT molecular complexity index is 897. The molecule has 2 nitrogen and oxygen atoms in total. The lowest BCUT2D eigenvalue weighted by atomic mass is 9.65. The van der Waals surface area contributed by atoms with E-state index in [1.54, 1.807) is 6.20 Å². The van der Waals surface area contributed by atoms with Gasteiger partial charge in [-0.3, -0.25) is 0 Å². The van der Waals surface area contributed by atoms with Gasteiger partial charge in [-0.15, -0.1) is 0 Å². The van der Waals surface area contributed by atoms with E-state index in [-0.39, 0.29) is 0 Å². The lowest BCUT2D eigenvalue weighted by Gasteiger charge is -2.39. The lowest BCUT2D eigenvalue weighted by molar-refractivity contribution is 0.272. The summed E-state index contributed by atoms with van der Waals surface area (Å²) in [5.41, 5.74) is 6.48. The number of nitrogens with zero attached hydrogens (tertiary/aromatic N) is 1. The van der Waals surface area contributed by atoms with Crippen molar-refractivity contribution in [2.45, 2.75) is 45.1 Å². The van der Waals surface area contributed by atoms with E-state index in [1.807, 2.05) is 24.3 Å². The van der Waals surface area contributed by atoms with Gasteiger partial charge >= 0.3 is 0 Å². The number of ether oxygens (including phenoxy) is 1. The summed E-state index contributed by atoms with van der Waals surface area (Å²) < 4.78 is 6.07. The molecule has 0 aliphatic heterocycles. The van der Waals surface area contributed by atoms with Crippen molar-refractivity contribution < 1.29 is 4.74 Å². The molecule has 0 atom stereocenters. The second-order valence-electron chi connectivity index (χ2n) is 7.63. The fourth-order valence-electron chi connectivity index (χ4n) is 3.73. The van der Waals surface area contributed by atoms with Gasteiger partial charge in [-0.1, -0.05) is 67.4 Å². The lowest BCUT2D eigenvalue weighted by Crippen LogP contribution is -2.30. The first kappa shape index (κ1) is 16.8. The van der Waals surface area contributed by atoms with Crippen molar-refractivity contribution in [1.29, 1.82) is 0 Å². The SMILES string of the molecule is Cc1cc(-c2cccnc2OCc2ccccc2)cc(C2(C)CCC2)c1. The molecule has 2 heteroatoms. The fraction of sp³-hybridized carbons (Fsp3) is 0.292. The fourth-order valence-corrected chi connectivity index (χ4v) is 3.73. The van der Waals surface area contributed by atoms with Crippen molar-refractivity contribution >= 4 is 0 Å². The average molecular weight is 343 g/mol. The molecule has 0 bridgehead atoms. The molecule has 1 aliphatic carbocycles.